The Labute approximate surface area is 206 Å². The topological polar surface area (TPSA) is 32.8 Å². The summed E-state index contributed by atoms with van der Waals surface area (Å²) >= 11 is 0. The maximum atomic E-state index is 12.8. The zero-order chi connectivity index (χ0) is 23.1. The first kappa shape index (κ1) is 26.9. The summed E-state index contributed by atoms with van der Waals surface area (Å²) in [7, 11) is 6.05. The van der Waals surface area contributed by atoms with E-state index in [4.69, 9.17) is 4.74 Å². The standard InChI is InChI=1S/C28H38N2O2.ClH/c1-6-30(7-2)28(31)24-12-8-10-21(17-24)16-22-14-15-25(20-29(3)4)27(18-22)23-11-9-13-26(19-23)32-5;/h8-13,16-17,19,25,27H,6-7,14-15,18,20H2,1-5H3;1H/t25-,27-;/m0./s1. The van der Waals surface area contributed by atoms with Crippen LogP contribution in [0.25, 0.3) is 6.08 Å². The quantitative estimate of drug-likeness (QED) is 0.465. The smallest absolute Gasteiger partial charge is 0.253 e. The lowest BCUT2D eigenvalue weighted by Crippen LogP contribution is -2.30. The van der Waals surface area contributed by atoms with Crippen LogP contribution in [0.2, 0.25) is 0 Å². The van der Waals surface area contributed by atoms with Crippen LogP contribution in [0.4, 0.5) is 0 Å². The molecule has 1 fully saturated rings. The second kappa shape index (κ2) is 12.8. The predicted octanol–water partition coefficient (Wildman–Crippen LogP) is 6.13. The molecular formula is C28H39ClN2O2. The van der Waals surface area contributed by atoms with Gasteiger partial charge in [0.25, 0.3) is 5.91 Å². The molecule has 0 aromatic heterocycles. The molecule has 0 bridgehead atoms. The molecule has 2 aromatic carbocycles. The van der Waals surface area contributed by atoms with Crippen LogP contribution >= 0.6 is 12.4 Å². The van der Waals surface area contributed by atoms with E-state index in [0.29, 0.717) is 11.8 Å². The molecule has 0 N–H and O–H groups in total. The number of allylic oxidation sites excluding steroid dienone is 1. The number of ether oxygens (including phenoxy) is 1. The van der Waals surface area contributed by atoms with Crippen molar-refractivity contribution in [3.05, 3.63) is 70.8 Å². The molecule has 0 aliphatic heterocycles. The third-order valence-electron chi connectivity index (χ3n) is 6.56. The molecule has 180 valence electrons. The van der Waals surface area contributed by atoms with Gasteiger partial charge < -0.3 is 14.5 Å². The molecule has 0 radical (unpaired) electrons. The van der Waals surface area contributed by atoms with E-state index in [1.165, 1.54) is 17.6 Å². The Morgan fingerprint density at radius 1 is 1.09 bits per heavy atom. The van der Waals surface area contributed by atoms with Crippen molar-refractivity contribution >= 4 is 24.4 Å². The molecule has 2 aromatic rings. The lowest BCUT2D eigenvalue weighted by Gasteiger charge is -2.35. The number of carbonyl (C=O) groups is 1. The third kappa shape index (κ3) is 7.09. The van der Waals surface area contributed by atoms with E-state index in [9.17, 15) is 4.79 Å². The molecule has 1 aliphatic carbocycles. The minimum atomic E-state index is 0. The van der Waals surface area contributed by atoms with Gasteiger partial charge in [-0.3, -0.25) is 4.79 Å². The molecule has 1 amide bonds. The number of carbonyl (C=O) groups excluding carboxylic acids is 1. The summed E-state index contributed by atoms with van der Waals surface area (Å²) < 4.78 is 5.50. The fraction of sp³-hybridized carbons (Fsp3) is 0.464. The number of nitrogens with zero attached hydrogens (tertiary/aromatic N) is 2. The molecule has 1 aliphatic rings. The lowest BCUT2D eigenvalue weighted by molar-refractivity contribution is 0.0773. The van der Waals surface area contributed by atoms with Crippen LogP contribution in [0.15, 0.2) is 54.1 Å². The molecule has 3 rings (SSSR count). The monoisotopic (exact) mass is 470 g/mol. The summed E-state index contributed by atoms with van der Waals surface area (Å²) in [5.74, 6) is 2.11. The molecule has 33 heavy (non-hydrogen) atoms. The Morgan fingerprint density at radius 2 is 1.82 bits per heavy atom. The van der Waals surface area contributed by atoms with Crippen LogP contribution in [0, 0.1) is 5.92 Å². The number of amides is 1. The molecule has 1 saturated carbocycles. The fourth-order valence-electron chi connectivity index (χ4n) is 4.89. The first-order valence-corrected chi connectivity index (χ1v) is 11.8. The van der Waals surface area contributed by atoms with Gasteiger partial charge in [0.05, 0.1) is 7.11 Å². The summed E-state index contributed by atoms with van der Waals surface area (Å²) in [5.41, 5.74) is 4.70. The highest BCUT2D eigenvalue weighted by Crippen LogP contribution is 2.42. The van der Waals surface area contributed by atoms with Crippen LogP contribution in [-0.4, -0.2) is 56.5 Å². The second-order valence-corrected chi connectivity index (χ2v) is 9.05. The summed E-state index contributed by atoms with van der Waals surface area (Å²) in [4.78, 5) is 17.0. The van der Waals surface area contributed by atoms with Crippen LogP contribution < -0.4 is 4.74 Å². The van der Waals surface area contributed by atoms with Crippen molar-refractivity contribution in [1.82, 2.24) is 9.80 Å². The first-order valence-electron chi connectivity index (χ1n) is 11.8. The molecule has 0 spiro atoms. The van der Waals surface area contributed by atoms with Crippen LogP contribution in [0.3, 0.4) is 0 Å². The van der Waals surface area contributed by atoms with Gasteiger partial charge in [0, 0.05) is 25.2 Å². The van der Waals surface area contributed by atoms with Crippen molar-refractivity contribution < 1.29 is 9.53 Å². The van der Waals surface area contributed by atoms with Crippen molar-refractivity contribution in [2.45, 2.75) is 39.0 Å². The van der Waals surface area contributed by atoms with Crippen molar-refractivity contribution in [2.75, 3.05) is 40.8 Å². The van der Waals surface area contributed by atoms with Gasteiger partial charge in [-0.05, 0) is 94.4 Å². The van der Waals surface area contributed by atoms with E-state index in [-0.39, 0.29) is 18.3 Å². The van der Waals surface area contributed by atoms with Crippen molar-refractivity contribution in [3.8, 4) is 5.75 Å². The van der Waals surface area contributed by atoms with Crippen LogP contribution in [0.1, 0.15) is 60.5 Å². The minimum Gasteiger partial charge on any atom is -0.497 e. The second-order valence-electron chi connectivity index (χ2n) is 9.05. The van der Waals surface area contributed by atoms with Gasteiger partial charge in [0.15, 0.2) is 0 Å². The molecule has 0 unspecified atom stereocenters. The highest BCUT2D eigenvalue weighted by molar-refractivity contribution is 5.94. The predicted molar refractivity (Wildman–Crippen MR) is 141 cm³/mol. The first-order chi connectivity index (χ1) is 15.4. The summed E-state index contributed by atoms with van der Waals surface area (Å²) in [6.45, 7) is 6.60. The van der Waals surface area contributed by atoms with E-state index in [0.717, 1.165) is 49.4 Å². The van der Waals surface area contributed by atoms with E-state index >= 15 is 0 Å². The van der Waals surface area contributed by atoms with Crippen molar-refractivity contribution in [1.29, 1.82) is 0 Å². The van der Waals surface area contributed by atoms with Crippen LogP contribution in [0.5, 0.6) is 5.75 Å². The normalized spacial score (nSPS) is 19.3. The van der Waals surface area contributed by atoms with Gasteiger partial charge in [-0.25, -0.2) is 0 Å². The number of hydrogen-bond donors (Lipinski definition) is 0. The third-order valence-corrected chi connectivity index (χ3v) is 6.56. The van der Waals surface area contributed by atoms with Crippen molar-refractivity contribution in [2.24, 2.45) is 5.92 Å². The van der Waals surface area contributed by atoms with Gasteiger partial charge in [-0.15, -0.1) is 12.4 Å². The largest absolute Gasteiger partial charge is 0.497 e. The van der Waals surface area contributed by atoms with Gasteiger partial charge in [0.2, 0.25) is 0 Å². The van der Waals surface area contributed by atoms with Gasteiger partial charge in [-0.1, -0.05) is 35.9 Å². The average molecular weight is 471 g/mol. The number of hydrogen-bond acceptors (Lipinski definition) is 3. The molecular weight excluding hydrogens is 432 g/mol. The SMILES string of the molecule is CCN(CC)C(=O)c1cccc(C=C2CC[C@@H](CN(C)C)[C@H](c3cccc(OC)c3)C2)c1.Cl. The average Bonchev–Trinajstić information content (AvgIpc) is 2.80. The zero-order valence-corrected chi connectivity index (χ0v) is 21.5. The fourth-order valence-corrected chi connectivity index (χ4v) is 4.89. The number of halogens is 1. The van der Waals surface area contributed by atoms with Crippen LogP contribution in [-0.2, 0) is 0 Å². The maximum Gasteiger partial charge on any atom is 0.253 e. The van der Waals surface area contributed by atoms with E-state index in [2.05, 4.69) is 49.3 Å². The summed E-state index contributed by atoms with van der Waals surface area (Å²) in [5, 5.41) is 0. The maximum absolute atomic E-state index is 12.8. The molecule has 5 heteroatoms. The summed E-state index contributed by atoms with van der Waals surface area (Å²) in [6.07, 6.45) is 5.62. The van der Waals surface area contributed by atoms with E-state index in [1.807, 2.05) is 43.0 Å². The highest BCUT2D eigenvalue weighted by Gasteiger charge is 2.29. The highest BCUT2D eigenvalue weighted by atomic mass is 35.5. The van der Waals surface area contributed by atoms with Gasteiger partial charge in [-0.2, -0.15) is 0 Å². The lowest BCUT2D eigenvalue weighted by atomic mass is 9.73. The molecule has 4 nitrogen and oxygen atoms in total. The van der Waals surface area contributed by atoms with Crippen molar-refractivity contribution in [3.63, 3.8) is 0 Å². The molecule has 0 saturated heterocycles. The number of methoxy groups -OCH3 is 1. The number of rotatable bonds is 8. The summed E-state index contributed by atoms with van der Waals surface area (Å²) in [6, 6.07) is 16.6. The Hall–Kier alpha value is -2.30. The Bertz CT molecular complexity index is 937. The van der Waals surface area contributed by atoms with E-state index < -0.39 is 0 Å². The molecule has 2 atom stereocenters. The Kier molecular flexibility index (Phi) is 10.5. The minimum absolute atomic E-state index is 0. The molecule has 0 heterocycles. The zero-order valence-electron chi connectivity index (χ0n) is 20.7. The van der Waals surface area contributed by atoms with Gasteiger partial charge in [0.1, 0.15) is 5.75 Å². The van der Waals surface area contributed by atoms with Gasteiger partial charge >= 0.3 is 0 Å². The Balaban J connectivity index is 0.00000385. The Morgan fingerprint density at radius 3 is 2.48 bits per heavy atom. The number of benzene rings is 2. The van der Waals surface area contributed by atoms with E-state index in [1.54, 1.807) is 7.11 Å².